The summed E-state index contributed by atoms with van der Waals surface area (Å²) in [5, 5.41) is 3.99. The maximum Gasteiger partial charge on any atom is 0.237 e. The van der Waals surface area contributed by atoms with E-state index < -0.39 is 6.04 Å². The van der Waals surface area contributed by atoms with Crippen LogP contribution in [0, 0.1) is 0 Å². The summed E-state index contributed by atoms with van der Waals surface area (Å²) in [6.45, 7) is 0.538. The van der Waals surface area contributed by atoms with E-state index >= 15 is 0 Å². The van der Waals surface area contributed by atoms with Gasteiger partial charge in [-0.25, -0.2) is 0 Å². The summed E-state index contributed by atoms with van der Waals surface area (Å²) in [6, 6.07) is 7.66. The summed E-state index contributed by atoms with van der Waals surface area (Å²) in [5.74, 6) is -0.0753. The maximum absolute atomic E-state index is 11.5. The molecule has 1 aromatic heterocycles. The van der Waals surface area contributed by atoms with Gasteiger partial charge in [0.25, 0.3) is 0 Å². The van der Waals surface area contributed by atoms with Crippen molar-refractivity contribution in [2.75, 3.05) is 0 Å². The van der Waals surface area contributed by atoms with Gasteiger partial charge in [0.2, 0.25) is 5.91 Å². The van der Waals surface area contributed by atoms with Crippen molar-refractivity contribution < 1.29 is 4.79 Å². The Morgan fingerprint density at radius 3 is 3.00 bits per heavy atom. The van der Waals surface area contributed by atoms with Crippen LogP contribution in [0.3, 0.4) is 0 Å². The van der Waals surface area contributed by atoms with E-state index in [1.807, 2.05) is 18.2 Å². The predicted octanol–water partition coefficient (Wildman–Crippen LogP) is 0.668. The molecule has 1 aromatic carbocycles. The van der Waals surface area contributed by atoms with Crippen molar-refractivity contribution in [3.8, 4) is 0 Å². The van der Waals surface area contributed by atoms with Crippen LogP contribution in [0.25, 0.3) is 10.9 Å². The molecule has 0 saturated carbocycles. The van der Waals surface area contributed by atoms with Gasteiger partial charge in [-0.1, -0.05) is 18.2 Å². The second kappa shape index (κ2) is 3.35. The van der Waals surface area contributed by atoms with Crippen LogP contribution in [0.2, 0.25) is 0 Å². The number of carbonyl (C=O) groups excluding carboxylic acids is 1. The van der Waals surface area contributed by atoms with Gasteiger partial charge < -0.3 is 16.0 Å². The van der Waals surface area contributed by atoms with Gasteiger partial charge in [0.1, 0.15) is 0 Å². The third-order valence-electron chi connectivity index (χ3n) is 3.10. The van der Waals surface area contributed by atoms with Crippen molar-refractivity contribution in [1.29, 1.82) is 0 Å². The van der Waals surface area contributed by atoms with E-state index in [1.54, 1.807) is 0 Å². The van der Waals surface area contributed by atoms with Gasteiger partial charge >= 0.3 is 0 Å². The van der Waals surface area contributed by atoms with Gasteiger partial charge in [-0.15, -0.1) is 0 Å². The molecular formula is C12H13N3O. The van der Waals surface area contributed by atoms with Crippen LogP contribution in [0.4, 0.5) is 0 Å². The Hall–Kier alpha value is -1.81. The van der Waals surface area contributed by atoms with Crippen molar-refractivity contribution in [3.05, 3.63) is 35.5 Å². The number of benzene rings is 1. The summed E-state index contributed by atoms with van der Waals surface area (Å²) in [7, 11) is 0. The second-order valence-corrected chi connectivity index (χ2v) is 4.16. The Kier molecular flexibility index (Phi) is 1.97. The lowest BCUT2D eigenvalue weighted by molar-refractivity contribution is -0.122. The number of para-hydroxylation sites is 1. The molecule has 0 saturated heterocycles. The van der Waals surface area contributed by atoms with Crippen molar-refractivity contribution >= 4 is 16.8 Å². The Morgan fingerprint density at radius 1 is 1.31 bits per heavy atom. The highest BCUT2D eigenvalue weighted by atomic mass is 16.2. The molecule has 4 heteroatoms. The molecule has 1 aliphatic rings. The van der Waals surface area contributed by atoms with Crippen molar-refractivity contribution in [1.82, 2.24) is 10.3 Å². The minimum absolute atomic E-state index is 0.0753. The summed E-state index contributed by atoms with van der Waals surface area (Å²) in [6.07, 6.45) is 0.602. The molecule has 0 fully saturated rings. The predicted molar refractivity (Wildman–Crippen MR) is 61.8 cm³/mol. The van der Waals surface area contributed by atoms with Gasteiger partial charge in [-0.2, -0.15) is 0 Å². The number of H-pyrrole nitrogens is 1. The van der Waals surface area contributed by atoms with E-state index in [0.29, 0.717) is 13.0 Å². The Balaban J connectivity index is 2.18. The molecule has 0 radical (unpaired) electrons. The van der Waals surface area contributed by atoms with Gasteiger partial charge in [-0.05, 0) is 18.1 Å². The molecule has 2 aromatic rings. The highest BCUT2D eigenvalue weighted by molar-refractivity contribution is 5.88. The molecule has 82 valence electrons. The molecule has 4 nitrogen and oxygen atoms in total. The zero-order valence-corrected chi connectivity index (χ0v) is 8.79. The van der Waals surface area contributed by atoms with Crippen LogP contribution < -0.4 is 11.1 Å². The molecule has 16 heavy (non-hydrogen) atoms. The number of nitrogens with two attached hydrogens (primary N) is 1. The molecule has 0 spiro atoms. The molecular weight excluding hydrogens is 202 g/mol. The number of nitrogens with one attached hydrogen (secondary N) is 2. The first-order chi connectivity index (χ1) is 7.75. The fourth-order valence-electron chi connectivity index (χ4n) is 2.26. The highest BCUT2D eigenvalue weighted by Gasteiger charge is 2.22. The SMILES string of the molecule is NC1Cc2c([nH]c3ccccc23)CNC1=O. The molecule has 1 amide bonds. The minimum atomic E-state index is -0.444. The van der Waals surface area contributed by atoms with Crippen molar-refractivity contribution in [2.24, 2.45) is 5.73 Å². The average Bonchev–Trinajstić information content (AvgIpc) is 2.58. The fraction of sp³-hybridized carbons (Fsp3) is 0.250. The number of amides is 1. The lowest BCUT2D eigenvalue weighted by atomic mass is 10.0. The third-order valence-corrected chi connectivity index (χ3v) is 3.10. The quantitative estimate of drug-likeness (QED) is 0.604. The fourth-order valence-corrected chi connectivity index (χ4v) is 2.26. The van der Waals surface area contributed by atoms with E-state index in [9.17, 15) is 4.79 Å². The Morgan fingerprint density at radius 2 is 2.12 bits per heavy atom. The first kappa shape index (κ1) is 9.42. The highest BCUT2D eigenvalue weighted by Crippen LogP contribution is 2.24. The summed E-state index contributed by atoms with van der Waals surface area (Å²) < 4.78 is 0. The zero-order valence-electron chi connectivity index (χ0n) is 8.79. The number of fused-ring (bicyclic) bond motifs is 3. The third kappa shape index (κ3) is 1.31. The normalized spacial score (nSPS) is 20.3. The van der Waals surface area contributed by atoms with E-state index in [-0.39, 0.29) is 5.91 Å². The lowest BCUT2D eigenvalue weighted by Gasteiger charge is -2.06. The Bertz CT molecular complexity index is 558. The van der Waals surface area contributed by atoms with Crippen LogP contribution in [0.1, 0.15) is 11.3 Å². The standard InChI is InChI=1S/C12H13N3O/c13-9-5-8-7-3-1-2-4-10(7)15-11(8)6-14-12(9)16/h1-4,9,15H,5-6,13H2,(H,14,16). The largest absolute Gasteiger partial charge is 0.357 e. The van der Waals surface area contributed by atoms with E-state index in [2.05, 4.69) is 16.4 Å². The zero-order chi connectivity index (χ0) is 11.1. The molecule has 2 heterocycles. The number of aromatic nitrogens is 1. The van der Waals surface area contributed by atoms with Gasteiger partial charge in [0.15, 0.2) is 0 Å². The van der Waals surface area contributed by atoms with Gasteiger partial charge in [0, 0.05) is 16.6 Å². The average molecular weight is 215 g/mol. The molecule has 3 rings (SSSR count). The molecule has 4 N–H and O–H groups in total. The number of rotatable bonds is 0. The topological polar surface area (TPSA) is 70.9 Å². The number of carbonyl (C=O) groups is 1. The monoisotopic (exact) mass is 215 g/mol. The van der Waals surface area contributed by atoms with Crippen LogP contribution in [0.5, 0.6) is 0 Å². The van der Waals surface area contributed by atoms with Crippen molar-refractivity contribution in [3.63, 3.8) is 0 Å². The molecule has 1 unspecified atom stereocenters. The van der Waals surface area contributed by atoms with Crippen LogP contribution in [0.15, 0.2) is 24.3 Å². The van der Waals surface area contributed by atoms with E-state index in [1.165, 1.54) is 10.9 Å². The summed E-state index contributed by atoms with van der Waals surface area (Å²) in [4.78, 5) is 14.8. The summed E-state index contributed by atoms with van der Waals surface area (Å²) >= 11 is 0. The molecule has 1 atom stereocenters. The number of aromatic amines is 1. The molecule has 0 aliphatic carbocycles. The number of hydrogen-bond acceptors (Lipinski definition) is 2. The smallest absolute Gasteiger partial charge is 0.237 e. The van der Waals surface area contributed by atoms with Crippen molar-refractivity contribution in [2.45, 2.75) is 19.0 Å². The first-order valence-corrected chi connectivity index (χ1v) is 5.37. The van der Waals surface area contributed by atoms with Crippen LogP contribution in [-0.4, -0.2) is 16.9 Å². The second-order valence-electron chi connectivity index (χ2n) is 4.16. The van der Waals surface area contributed by atoms with Gasteiger partial charge in [0.05, 0.1) is 12.6 Å². The molecule has 0 bridgehead atoms. The molecule has 1 aliphatic heterocycles. The van der Waals surface area contributed by atoms with Crippen LogP contribution in [-0.2, 0) is 17.8 Å². The minimum Gasteiger partial charge on any atom is -0.357 e. The maximum atomic E-state index is 11.5. The number of hydrogen-bond donors (Lipinski definition) is 3. The lowest BCUT2D eigenvalue weighted by Crippen LogP contribution is -2.39. The van der Waals surface area contributed by atoms with E-state index in [4.69, 9.17) is 5.73 Å². The van der Waals surface area contributed by atoms with Gasteiger partial charge in [-0.3, -0.25) is 4.79 Å². The first-order valence-electron chi connectivity index (χ1n) is 5.37. The van der Waals surface area contributed by atoms with E-state index in [0.717, 1.165) is 11.2 Å². The summed E-state index contributed by atoms with van der Waals surface area (Å²) in [5.41, 5.74) is 9.16. The Labute approximate surface area is 92.8 Å². The van der Waals surface area contributed by atoms with Crippen LogP contribution >= 0.6 is 0 Å².